The first-order chi connectivity index (χ1) is 8.63. The second kappa shape index (κ2) is 6.12. The van der Waals surface area contributed by atoms with E-state index >= 15 is 0 Å². The highest BCUT2D eigenvalue weighted by molar-refractivity contribution is 6.36. The Morgan fingerprint density at radius 2 is 1.74 bits per heavy atom. The third-order valence-electron chi connectivity index (χ3n) is 2.55. The van der Waals surface area contributed by atoms with E-state index in [2.05, 4.69) is 0 Å². The van der Waals surface area contributed by atoms with Gasteiger partial charge in [0.25, 0.3) is 0 Å². The van der Waals surface area contributed by atoms with Crippen LogP contribution >= 0.6 is 23.2 Å². The lowest BCUT2D eigenvalue weighted by Crippen LogP contribution is -2.30. The van der Waals surface area contributed by atoms with E-state index in [9.17, 15) is 9.90 Å². The lowest BCUT2D eigenvalue weighted by atomic mass is 9.97. The van der Waals surface area contributed by atoms with Crippen molar-refractivity contribution in [3.8, 4) is 0 Å². The summed E-state index contributed by atoms with van der Waals surface area (Å²) in [7, 11) is 0. The van der Waals surface area contributed by atoms with E-state index < -0.39 is 23.6 Å². The number of carbonyl (C=O) groups excluding carboxylic acids is 1. The number of rotatable bonds is 3. The zero-order chi connectivity index (χ0) is 14.8. The number of ether oxygens (including phenoxy) is 1. The van der Waals surface area contributed by atoms with Crippen LogP contribution in [0, 0.1) is 5.92 Å². The fourth-order valence-corrected chi connectivity index (χ4v) is 2.19. The minimum absolute atomic E-state index is 0.329. The van der Waals surface area contributed by atoms with E-state index in [1.807, 2.05) is 0 Å². The third-order valence-corrected chi connectivity index (χ3v) is 3.21. The van der Waals surface area contributed by atoms with Crippen molar-refractivity contribution in [3.63, 3.8) is 0 Å². The molecule has 2 unspecified atom stereocenters. The number of aliphatic hydroxyl groups is 1. The van der Waals surface area contributed by atoms with Crippen molar-refractivity contribution in [2.75, 3.05) is 0 Å². The maximum atomic E-state index is 11.9. The first-order valence-electron chi connectivity index (χ1n) is 5.98. The molecule has 0 saturated carbocycles. The van der Waals surface area contributed by atoms with Gasteiger partial charge in [-0.3, -0.25) is 4.79 Å². The molecule has 0 aliphatic heterocycles. The molecule has 0 fully saturated rings. The number of hydrogen-bond donors (Lipinski definition) is 1. The molecule has 1 rings (SSSR count). The Morgan fingerprint density at radius 3 is 2.16 bits per heavy atom. The molecule has 2 atom stereocenters. The van der Waals surface area contributed by atoms with Gasteiger partial charge in [-0.1, -0.05) is 29.3 Å². The molecule has 0 aliphatic carbocycles. The molecule has 3 nitrogen and oxygen atoms in total. The predicted molar refractivity (Wildman–Crippen MR) is 76.4 cm³/mol. The molecule has 0 heterocycles. The lowest BCUT2D eigenvalue weighted by molar-refractivity contribution is -0.163. The molecular formula is C14H18Cl2O3. The summed E-state index contributed by atoms with van der Waals surface area (Å²) in [6.07, 6.45) is -1.10. The summed E-state index contributed by atoms with van der Waals surface area (Å²) in [4.78, 5) is 11.9. The molecule has 19 heavy (non-hydrogen) atoms. The number of benzene rings is 1. The van der Waals surface area contributed by atoms with Crippen LogP contribution in [0.15, 0.2) is 18.2 Å². The van der Waals surface area contributed by atoms with E-state index in [-0.39, 0.29) is 0 Å². The van der Waals surface area contributed by atoms with Gasteiger partial charge in [-0.2, -0.15) is 0 Å². The Balaban J connectivity index is 2.94. The molecule has 0 aliphatic rings. The van der Waals surface area contributed by atoms with Gasteiger partial charge in [-0.15, -0.1) is 0 Å². The van der Waals surface area contributed by atoms with Gasteiger partial charge in [0.15, 0.2) is 0 Å². The Labute approximate surface area is 123 Å². The highest BCUT2D eigenvalue weighted by Gasteiger charge is 2.30. The van der Waals surface area contributed by atoms with E-state index in [4.69, 9.17) is 27.9 Å². The zero-order valence-corrected chi connectivity index (χ0v) is 12.9. The average molecular weight is 305 g/mol. The van der Waals surface area contributed by atoms with Crippen LogP contribution in [0.3, 0.4) is 0 Å². The molecule has 0 radical (unpaired) electrons. The van der Waals surface area contributed by atoms with Crippen LogP contribution in [-0.4, -0.2) is 16.7 Å². The first kappa shape index (κ1) is 16.3. The molecule has 106 valence electrons. The molecular weight excluding hydrogens is 287 g/mol. The van der Waals surface area contributed by atoms with Crippen molar-refractivity contribution in [3.05, 3.63) is 33.8 Å². The Morgan fingerprint density at radius 1 is 1.26 bits per heavy atom. The summed E-state index contributed by atoms with van der Waals surface area (Å²) in [5.41, 5.74) is -0.251. The molecule has 0 aromatic heterocycles. The summed E-state index contributed by atoms with van der Waals surface area (Å²) < 4.78 is 5.24. The van der Waals surface area contributed by atoms with Gasteiger partial charge >= 0.3 is 5.97 Å². The molecule has 1 N–H and O–H groups in total. The summed E-state index contributed by atoms with van der Waals surface area (Å²) in [6.45, 7) is 6.89. The van der Waals surface area contributed by atoms with Gasteiger partial charge in [-0.05, 0) is 39.8 Å². The lowest BCUT2D eigenvalue weighted by Gasteiger charge is -2.25. The normalized spacial score (nSPS) is 14.9. The van der Waals surface area contributed by atoms with E-state index in [1.165, 1.54) is 0 Å². The fourth-order valence-electron chi connectivity index (χ4n) is 1.57. The van der Waals surface area contributed by atoms with Crippen LogP contribution < -0.4 is 0 Å². The van der Waals surface area contributed by atoms with Crippen molar-refractivity contribution in [1.82, 2.24) is 0 Å². The fraction of sp³-hybridized carbons (Fsp3) is 0.500. The first-order valence-corrected chi connectivity index (χ1v) is 6.74. The topological polar surface area (TPSA) is 46.5 Å². The van der Waals surface area contributed by atoms with Gasteiger partial charge in [0.1, 0.15) is 5.60 Å². The largest absolute Gasteiger partial charge is 0.460 e. The number of aliphatic hydroxyl groups excluding tert-OH is 1. The summed E-state index contributed by atoms with van der Waals surface area (Å²) in [6, 6.07) is 4.92. The smallest absolute Gasteiger partial charge is 0.312 e. The summed E-state index contributed by atoms with van der Waals surface area (Å²) in [5.74, 6) is -1.24. The number of carbonyl (C=O) groups is 1. The standard InChI is InChI=1S/C14H18Cl2O3/c1-8(13(18)19-14(2,3)4)12(17)11-9(15)6-5-7-10(11)16/h5-8,12,17H,1-4H3. The van der Waals surface area contributed by atoms with Gasteiger partial charge in [0, 0.05) is 15.6 Å². The van der Waals surface area contributed by atoms with E-state index in [0.29, 0.717) is 15.6 Å². The average Bonchev–Trinajstić information content (AvgIpc) is 2.25. The molecule has 1 aromatic carbocycles. The van der Waals surface area contributed by atoms with E-state index in [1.54, 1.807) is 45.9 Å². The van der Waals surface area contributed by atoms with Crippen LogP contribution in [0.4, 0.5) is 0 Å². The SMILES string of the molecule is CC(C(=O)OC(C)(C)C)C(O)c1c(Cl)cccc1Cl. The maximum Gasteiger partial charge on any atom is 0.312 e. The Hall–Kier alpha value is -0.770. The molecule has 0 bridgehead atoms. The maximum absolute atomic E-state index is 11.9. The Kier molecular flexibility index (Phi) is 5.25. The zero-order valence-electron chi connectivity index (χ0n) is 11.4. The predicted octanol–water partition coefficient (Wildman–Crippen LogP) is 4.00. The van der Waals surface area contributed by atoms with Crippen LogP contribution in [0.2, 0.25) is 10.0 Å². The van der Waals surface area contributed by atoms with Crippen LogP contribution in [-0.2, 0) is 9.53 Å². The highest BCUT2D eigenvalue weighted by Crippen LogP contribution is 2.34. The van der Waals surface area contributed by atoms with E-state index in [0.717, 1.165) is 0 Å². The van der Waals surface area contributed by atoms with Gasteiger partial charge in [0.05, 0.1) is 12.0 Å². The van der Waals surface area contributed by atoms with Gasteiger partial charge in [-0.25, -0.2) is 0 Å². The minimum Gasteiger partial charge on any atom is -0.460 e. The molecule has 0 saturated heterocycles. The van der Waals surface area contributed by atoms with Gasteiger partial charge < -0.3 is 9.84 Å². The van der Waals surface area contributed by atoms with Crippen LogP contribution in [0.1, 0.15) is 39.4 Å². The summed E-state index contributed by atoms with van der Waals surface area (Å²) in [5, 5.41) is 10.9. The molecule has 0 spiro atoms. The second-order valence-corrected chi connectivity index (χ2v) is 6.22. The van der Waals surface area contributed by atoms with Crippen molar-refractivity contribution >= 4 is 29.2 Å². The van der Waals surface area contributed by atoms with Crippen molar-refractivity contribution in [1.29, 1.82) is 0 Å². The Bertz CT molecular complexity index is 446. The van der Waals surface area contributed by atoms with Crippen molar-refractivity contribution in [2.24, 2.45) is 5.92 Å². The monoisotopic (exact) mass is 304 g/mol. The molecule has 1 aromatic rings. The minimum atomic E-state index is -1.10. The quantitative estimate of drug-likeness (QED) is 0.858. The van der Waals surface area contributed by atoms with Crippen molar-refractivity contribution < 1.29 is 14.6 Å². The molecule has 0 amide bonds. The molecule has 5 heteroatoms. The highest BCUT2D eigenvalue weighted by atomic mass is 35.5. The number of esters is 1. The number of hydrogen-bond acceptors (Lipinski definition) is 3. The second-order valence-electron chi connectivity index (χ2n) is 5.40. The van der Waals surface area contributed by atoms with Crippen LogP contribution in [0.25, 0.3) is 0 Å². The van der Waals surface area contributed by atoms with Gasteiger partial charge in [0.2, 0.25) is 0 Å². The number of halogens is 2. The van der Waals surface area contributed by atoms with Crippen molar-refractivity contribution in [2.45, 2.75) is 39.4 Å². The summed E-state index contributed by atoms with van der Waals surface area (Å²) >= 11 is 12.0. The van der Waals surface area contributed by atoms with Crippen LogP contribution in [0.5, 0.6) is 0 Å². The third kappa shape index (κ3) is 4.37.